The van der Waals surface area contributed by atoms with Gasteiger partial charge in [0.15, 0.2) is 0 Å². The van der Waals surface area contributed by atoms with Crippen molar-refractivity contribution in [1.29, 1.82) is 5.26 Å². The number of guanidine groups is 1. The maximum Gasteiger partial charge on any atom is 0.413 e. The number of nitriles is 1. The minimum Gasteiger partial charge on any atom is -0.449 e. The average molecular weight is 609 g/mol. The van der Waals surface area contributed by atoms with Crippen molar-refractivity contribution in [3.05, 3.63) is 0 Å². The van der Waals surface area contributed by atoms with Gasteiger partial charge in [-0.05, 0) is 37.5 Å². The summed E-state index contributed by atoms with van der Waals surface area (Å²) >= 11 is 0. The van der Waals surface area contributed by atoms with Crippen LogP contribution in [0, 0.1) is 23.2 Å². The zero-order valence-electron chi connectivity index (χ0n) is 26.6. The number of amides is 2. The van der Waals surface area contributed by atoms with Crippen molar-refractivity contribution in [2.45, 2.75) is 83.2 Å². The lowest BCUT2D eigenvalue weighted by molar-refractivity contribution is -0.124. The number of nitrogens with zero attached hydrogens (tertiary/aromatic N) is 4. The van der Waals surface area contributed by atoms with Gasteiger partial charge in [0.25, 0.3) is 0 Å². The first-order valence-corrected chi connectivity index (χ1v) is 16.2. The number of hydrogen-bond acceptors (Lipinski definition) is 9. The number of aliphatic imine (C=N–C) groups is 1. The van der Waals surface area contributed by atoms with E-state index in [4.69, 9.17) is 23.9 Å². The fraction of sp³-hybridized carbons (Fsp3) is 0.871. The number of carbonyl (C=O) groups is 2. The van der Waals surface area contributed by atoms with Crippen LogP contribution in [-0.2, 0) is 23.7 Å². The highest BCUT2D eigenvalue weighted by Gasteiger charge is 2.38. The highest BCUT2D eigenvalue weighted by Crippen LogP contribution is 2.29. The number of hydrogen-bond donors (Lipinski definition) is 2. The Labute approximate surface area is 259 Å². The van der Waals surface area contributed by atoms with Gasteiger partial charge in [-0.2, -0.15) is 5.26 Å². The summed E-state index contributed by atoms with van der Waals surface area (Å²) in [5.41, 5.74) is -0.939. The van der Waals surface area contributed by atoms with Gasteiger partial charge in [0.05, 0.1) is 39.1 Å². The molecule has 1 atom stereocenters. The lowest BCUT2D eigenvalue weighted by Gasteiger charge is -2.38. The Morgan fingerprint density at radius 2 is 1.81 bits per heavy atom. The van der Waals surface area contributed by atoms with Crippen molar-refractivity contribution in [1.82, 2.24) is 20.4 Å². The molecule has 2 N–H and O–H groups in total. The zero-order valence-corrected chi connectivity index (χ0v) is 26.6. The molecule has 2 amide bonds. The molecule has 0 radical (unpaired) electrons. The Kier molecular flexibility index (Phi) is 15.5. The molecule has 0 spiro atoms. The third kappa shape index (κ3) is 12.6. The Morgan fingerprint density at radius 3 is 2.47 bits per heavy atom. The number of ether oxygens (including phenoxy) is 4. The number of likely N-dealkylation sites (tertiary alicyclic amines) is 1. The maximum atomic E-state index is 14.0. The highest BCUT2D eigenvalue weighted by molar-refractivity contribution is 5.96. The van der Waals surface area contributed by atoms with Gasteiger partial charge in [0.2, 0.25) is 11.9 Å². The predicted octanol–water partition coefficient (Wildman–Crippen LogP) is 3.17. The Morgan fingerprint density at radius 1 is 1.09 bits per heavy atom. The Hall–Kier alpha value is -2.46. The van der Waals surface area contributed by atoms with Crippen molar-refractivity contribution < 1.29 is 30.0 Å². The largest absolute Gasteiger partial charge is 0.449 e. The molecule has 0 unspecified atom stereocenters. The van der Waals surface area contributed by atoms with Crippen LogP contribution in [0.4, 0.5) is 4.79 Å². The van der Waals surface area contributed by atoms with E-state index in [1.54, 1.807) is 7.11 Å². The predicted molar refractivity (Wildman–Crippen MR) is 166 cm³/mol. The summed E-state index contributed by atoms with van der Waals surface area (Å²) in [6.07, 6.45) is 7.64. The summed E-state index contributed by atoms with van der Waals surface area (Å²) < 4.78 is 21.5. The van der Waals surface area contributed by atoms with E-state index in [1.807, 2.05) is 18.7 Å². The molecule has 1 aliphatic carbocycles. The SMILES string of the molecule is COCCOCCCN1CCC(C#N)(NC(=O)[C@H](CC2CCCCC2)N=C(NC(=O)OCC(C)C)N2CCOCC2)CC1.[HH]. The lowest BCUT2D eigenvalue weighted by Crippen LogP contribution is -2.57. The van der Waals surface area contributed by atoms with Crippen LogP contribution in [-0.4, -0.2) is 119 Å². The number of alkyl carbamates (subject to hydrolysis) is 1. The average Bonchev–Trinajstić information content (AvgIpc) is 3.02. The van der Waals surface area contributed by atoms with E-state index in [9.17, 15) is 14.9 Å². The lowest BCUT2D eigenvalue weighted by atomic mass is 9.84. The minimum absolute atomic E-state index is 0. The van der Waals surface area contributed by atoms with Gasteiger partial charge < -0.3 is 34.1 Å². The van der Waals surface area contributed by atoms with Gasteiger partial charge in [-0.1, -0.05) is 46.0 Å². The van der Waals surface area contributed by atoms with Crippen LogP contribution in [0.15, 0.2) is 4.99 Å². The molecule has 2 saturated heterocycles. The third-order valence-electron chi connectivity index (χ3n) is 8.42. The molecule has 3 fully saturated rings. The molecule has 0 aromatic carbocycles. The first-order valence-electron chi connectivity index (χ1n) is 16.2. The van der Waals surface area contributed by atoms with Gasteiger partial charge in [-0.3, -0.25) is 10.1 Å². The molecular weight excluding hydrogens is 552 g/mol. The van der Waals surface area contributed by atoms with Crippen LogP contribution in [0.5, 0.6) is 0 Å². The zero-order chi connectivity index (χ0) is 30.9. The van der Waals surface area contributed by atoms with Gasteiger partial charge in [0, 0.05) is 47.9 Å². The second kappa shape index (κ2) is 19.0. The van der Waals surface area contributed by atoms with E-state index in [2.05, 4.69) is 21.6 Å². The van der Waals surface area contributed by atoms with Crippen LogP contribution < -0.4 is 10.6 Å². The summed E-state index contributed by atoms with van der Waals surface area (Å²) in [6, 6.07) is 1.71. The number of carbonyl (C=O) groups excluding carboxylic acids is 2. The van der Waals surface area contributed by atoms with E-state index < -0.39 is 17.7 Å². The number of nitrogens with one attached hydrogen (secondary N) is 2. The molecule has 1 saturated carbocycles. The standard InChI is InChI=1S/C31H54N6O6.H2/c1-25(2)23-43-30(39)34-29(37-15-18-42-19-16-37)33-27(22-26-8-5-4-6-9-26)28(38)35-31(24-32)10-13-36(14-11-31)12-7-17-41-21-20-40-3;/h25-27H,4-23H2,1-3H3,(H,35,38)(H,33,34,39);1H/t27-;/m0./s1. The van der Waals surface area contributed by atoms with Gasteiger partial charge >= 0.3 is 6.09 Å². The van der Waals surface area contributed by atoms with Crippen molar-refractivity contribution >= 4 is 18.0 Å². The summed E-state index contributed by atoms with van der Waals surface area (Å²) in [6.45, 7) is 10.6. The molecule has 0 aromatic heterocycles. The summed E-state index contributed by atoms with van der Waals surface area (Å²) in [7, 11) is 1.66. The minimum atomic E-state index is -0.939. The van der Waals surface area contributed by atoms with Crippen LogP contribution in [0.25, 0.3) is 0 Å². The molecule has 246 valence electrons. The summed E-state index contributed by atoms with van der Waals surface area (Å²) in [4.78, 5) is 35.8. The second-order valence-electron chi connectivity index (χ2n) is 12.4. The number of piperidine rings is 1. The van der Waals surface area contributed by atoms with Crippen LogP contribution in [0.1, 0.15) is 73.1 Å². The Balaban J connectivity index is 0.00000675. The van der Waals surface area contributed by atoms with Crippen molar-refractivity contribution in [2.75, 3.05) is 79.5 Å². The number of rotatable bonds is 14. The molecule has 2 aliphatic heterocycles. The fourth-order valence-corrected chi connectivity index (χ4v) is 5.82. The van der Waals surface area contributed by atoms with Crippen LogP contribution in [0.2, 0.25) is 0 Å². The normalized spacial score (nSPS) is 20.8. The second-order valence-corrected chi connectivity index (χ2v) is 12.4. The number of morpholine rings is 1. The molecule has 3 rings (SSSR count). The van der Waals surface area contributed by atoms with Gasteiger partial charge in [0.1, 0.15) is 11.6 Å². The van der Waals surface area contributed by atoms with Crippen molar-refractivity contribution in [3.63, 3.8) is 0 Å². The number of methoxy groups -OCH3 is 1. The highest BCUT2D eigenvalue weighted by atomic mass is 16.5. The molecule has 0 aromatic rings. The van der Waals surface area contributed by atoms with Gasteiger partial charge in [-0.15, -0.1) is 0 Å². The molecule has 2 heterocycles. The van der Waals surface area contributed by atoms with Gasteiger partial charge in [-0.25, -0.2) is 9.79 Å². The molecule has 12 nitrogen and oxygen atoms in total. The van der Waals surface area contributed by atoms with E-state index in [-0.39, 0.29) is 19.9 Å². The van der Waals surface area contributed by atoms with E-state index >= 15 is 0 Å². The smallest absolute Gasteiger partial charge is 0.413 e. The maximum absolute atomic E-state index is 14.0. The monoisotopic (exact) mass is 608 g/mol. The Bertz CT molecular complexity index is 912. The van der Waals surface area contributed by atoms with Crippen molar-refractivity contribution in [3.8, 4) is 6.07 Å². The topological polar surface area (TPSA) is 138 Å². The summed E-state index contributed by atoms with van der Waals surface area (Å²) in [5, 5.41) is 16.2. The van der Waals surface area contributed by atoms with Crippen LogP contribution in [0.3, 0.4) is 0 Å². The van der Waals surface area contributed by atoms with Crippen LogP contribution >= 0.6 is 0 Å². The molecule has 12 heteroatoms. The molecular formula is C31H56N6O6. The van der Waals surface area contributed by atoms with E-state index in [0.29, 0.717) is 77.3 Å². The molecule has 3 aliphatic rings. The first kappa shape index (κ1) is 35.0. The fourth-order valence-electron chi connectivity index (χ4n) is 5.82. The van der Waals surface area contributed by atoms with Crippen molar-refractivity contribution in [2.24, 2.45) is 16.8 Å². The first-order chi connectivity index (χ1) is 20.8. The quantitative estimate of drug-likeness (QED) is 0.173. The third-order valence-corrected chi connectivity index (χ3v) is 8.42. The van der Waals surface area contributed by atoms with E-state index in [0.717, 1.165) is 51.7 Å². The van der Waals surface area contributed by atoms with E-state index in [1.165, 1.54) is 6.42 Å². The summed E-state index contributed by atoms with van der Waals surface area (Å²) in [5.74, 6) is 0.650. The molecule has 43 heavy (non-hydrogen) atoms. The molecule has 0 bridgehead atoms.